The SMILES string of the molecule is C(#Cc1ccc2c3ccccc3c3cccnc3c2n1)c1ccc(-c2cccc3c2oc2ccccc23)cc1. The van der Waals surface area contributed by atoms with E-state index in [2.05, 4.69) is 102 Å². The van der Waals surface area contributed by atoms with Crippen LogP contribution in [0.2, 0.25) is 0 Å². The molecule has 0 atom stereocenters. The van der Waals surface area contributed by atoms with Gasteiger partial charge in [0.2, 0.25) is 0 Å². The number of pyridine rings is 2. The van der Waals surface area contributed by atoms with Gasteiger partial charge in [-0.2, -0.15) is 0 Å². The molecule has 0 aliphatic heterocycles. The van der Waals surface area contributed by atoms with Crippen LogP contribution in [0.3, 0.4) is 0 Å². The molecular weight excluding hydrogens is 476 g/mol. The van der Waals surface area contributed by atoms with Crippen LogP contribution in [0.15, 0.2) is 126 Å². The highest BCUT2D eigenvalue weighted by Crippen LogP contribution is 2.36. The third-order valence-electron chi connectivity index (χ3n) is 7.37. The van der Waals surface area contributed by atoms with Crippen LogP contribution in [0.4, 0.5) is 0 Å². The predicted octanol–water partition coefficient (Wildman–Crippen LogP) is 8.90. The minimum Gasteiger partial charge on any atom is -0.455 e. The zero-order chi connectivity index (χ0) is 25.8. The molecule has 3 heteroatoms. The van der Waals surface area contributed by atoms with Crippen LogP contribution >= 0.6 is 0 Å². The van der Waals surface area contributed by atoms with Gasteiger partial charge in [0.15, 0.2) is 0 Å². The molecule has 8 aromatic rings. The lowest BCUT2D eigenvalue weighted by Crippen LogP contribution is -1.90. The van der Waals surface area contributed by atoms with Crippen molar-refractivity contribution in [1.82, 2.24) is 9.97 Å². The fourth-order valence-corrected chi connectivity index (χ4v) is 5.53. The summed E-state index contributed by atoms with van der Waals surface area (Å²) >= 11 is 0. The van der Waals surface area contributed by atoms with Crippen molar-refractivity contribution in [1.29, 1.82) is 0 Å². The number of hydrogen-bond acceptors (Lipinski definition) is 3. The summed E-state index contributed by atoms with van der Waals surface area (Å²) in [5.41, 5.74) is 7.42. The smallest absolute Gasteiger partial charge is 0.143 e. The molecule has 180 valence electrons. The second-order valence-electron chi connectivity index (χ2n) is 9.65. The molecule has 0 aliphatic carbocycles. The molecule has 0 fully saturated rings. The maximum Gasteiger partial charge on any atom is 0.143 e. The number of nitrogens with zero attached hydrogens (tertiary/aromatic N) is 2. The number of hydrogen-bond donors (Lipinski definition) is 0. The highest BCUT2D eigenvalue weighted by Gasteiger charge is 2.12. The monoisotopic (exact) mass is 496 g/mol. The summed E-state index contributed by atoms with van der Waals surface area (Å²) in [7, 11) is 0. The Labute approximate surface area is 224 Å². The fraction of sp³-hybridized carbons (Fsp3) is 0. The van der Waals surface area contributed by atoms with Gasteiger partial charge in [-0.25, -0.2) is 4.98 Å². The molecule has 0 radical (unpaired) electrons. The van der Waals surface area contributed by atoms with E-state index in [0.29, 0.717) is 0 Å². The van der Waals surface area contributed by atoms with E-state index < -0.39 is 0 Å². The second kappa shape index (κ2) is 8.55. The maximum absolute atomic E-state index is 6.22. The van der Waals surface area contributed by atoms with Crippen molar-refractivity contribution in [3.05, 3.63) is 133 Å². The molecule has 0 N–H and O–H groups in total. The summed E-state index contributed by atoms with van der Waals surface area (Å²) in [6.07, 6.45) is 1.82. The lowest BCUT2D eigenvalue weighted by molar-refractivity contribution is 0.670. The lowest BCUT2D eigenvalue weighted by Gasteiger charge is -2.08. The summed E-state index contributed by atoms with van der Waals surface area (Å²) < 4.78 is 6.22. The van der Waals surface area contributed by atoms with Gasteiger partial charge < -0.3 is 4.42 Å². The Morgan fingerprint density at radius 2 is 1.23 bits per heavy atom. The molecule has 39 heavy (non-hydrogen) atoms. The molecule has 0 saturated carbocycles. The van der Waals surface area contributed by atoms with Crippen molar-refractivity contribution >= 4 is 54.5 Å². The minimum absolute atomic E-state index is 0.723. The molecule has 0 amide bonds. The Kier molecular flexibility index (Phi) is 4.74. The number of furan rings is 1. The van der Waals surface area contributed by atoms with Crippen LogP contribution in [0.1, 0.15) is 11.3 Å². The third kappa shape index (κ3) is 3.47. The first-order valence-corrected chi connectivity index (χ1v) is 12.9. The molecular formula is C36H20N2O. The van der Waals surface area contributed by atoms with Crippen molar-refractivity contribution in [3.63, 3.8) is 0 Å². The van der Waals surface area contributed by atoms with E-state index in [-0.39, 0.29) is 0 Å². The van der Waals surface area contributed by atoms with Crippen LogP contribution < -0.4 is 0 Å². The number of benzene rings is 5. The van der Waals surface area contributed by atoms with Gasteiger partial charge in [-0.15, -0.1) is 0 Å². The number of rotatable bonds is 1. The maximum atomic E-state index is 6.22. The first-order chi connectivity index (χ1) is 19.3. The normalized spacial score (nSPS) is 11.4. The van der Waals surface area contributed by atoms with Gasteiger partial charge in [0, 0.05) is 38.9 Å². The van der Waals surface area contributed by atoms with Crippen LogP contribution in [0.25, 0.3) is 65.6 Å². The van der Waals surface area contributed by atoms with E-state index >= 15 is 0 Å². The summed E-state index contributed by atoms with van der Waals surface area (Å²) in [4.78, 5) is 9.61. The quantitative estimate of drug-likeness (QED) is 0.168. The molecule has 0 spiro atoms. The Balaban J connectivity index is 1.18. The molecule has 8 rings (SSSR count). The molecule has 5 aromatic carbocycles. The van der Waals surface area contributed by atoms with Crippen molar-refractivity contribution < 1.29 is 4.42 Å². The molecule has 0 saturated heterocycles. The van der Waals surface area contributed by atoms with Gasteiger partial charge in [0.1, 0.15) is 16.9 Å². The molecule has 3 aromatic heterocycles. The van der Waals surface area contributed by atoms with Gasteiger partial charge in [-0.1, -0.05) is 84.8 Å². The van der Waals surface area contributed by atoms with E-state index in [9.17, 15) is 0 Å². The Bertz CT molecular complexity index is 2250. The number of aromatic nitrogens is 2. The topological polar surface area (TPSA) is 38.9 Å². The van der Waals surface area contributed by atoms with Crippen LogP contribution in [-0.2, 0) is 0 Å². The van der Waals surface area contributed by atoms with E-state index in [1.165, 1.54) is 10.8 Å². The molecule has 3 nitrogen and oxygen atoms in total. The van der Waals surface area contributed by atoms with Gasteiger partial charge in [0.05, 0.1) is 11.0 Å². The van der Waals surface area contributed by atoms with Crippen LogP contribution in [0.5, 0.6) is 0 Å². The van der Waals surface area contributed by atoms with Crippen molar-refractivity contribution in [2.24, 2.45) is 0 Å². The highest BCUT2D eigenvalue weighted by atomic mass is 16.3. The summed E-state index contributed by atoms with van der Waals surface area (Å²) in [6.45, 7) is 0. The summed E-state index contributed by atoms with van der Waals surface area (Å²) in [6, 6.07) is 39.4. The first-order valence-electron chi connectivity index (χ1n) is 12.9. The standard InChI is InChI=1S/C36H20N2O/c1-2-8-28-27(7-1)30-12-6-22-37-34(30)35-31(28)21-20-25(38-35)19-16-23-14-17-24(18-15-23)26-10-5-11-32-29-9-3-4-13-33(29)39-36(26)32/h1-15,17-18,20-22H. The number of fused-ring (bicyclic) bond motifs is 9. The van der Waals surface area contributed by atoms with Gasteiger partial charge in [-0.3, -0.25) is 4.98 Å². The van der Waals surface area contributed by atoms with Gasteiger partial charge in [-0.05, 0) is 58.7 Å². The minimum atomic E-state index is 0.723. The van der Waals surface area contributed by atoms with Crippen LogP contribution in [0, 0.1) is 11.8 Å². The average molecular weight is 497 g/mol. The van der Waals surface area contributed by atoms with E-state index in [0.717, 1.165) is 66.1 Å². The Morgan fingerprint density at radius 3 is 2.08 bits per heavy atom. The van der Waals surface area contributed by atoms with Crippen LogP contribution in [-0.4, -0.2) is 9.97 Å². The Morgan fingerprint density at radius 1 is 0.513 bits per heavy atom. The zero-order valence-corrected chi connectivity index (χ0v) is 20.8. The molecule has 0 aliphatic rings. The summed E-state index contributed by atoms with van der Waals surface area (Å²) in [5, 5.41) is 6.82. The zero-order valence-electron chi connectivity index (χ0n) is 20.8. The third-order valence-corrected chi connectivity index (χ3v) is 7.37. The first kappa shape index (κ1) is 21.6. The lowest BCUT2D eigenvalue weighted by atomic mass is 10.00. The average Bonchev–Trinajstić information content (AvgIpc) is 3.39. The van der Waals surface area contributed by atoms with Crippen molar-refractivity contribution in [3.8, 4) is 23.0 Å². The van der Waals surface area contributed by atoms with E-state index in [1.807, 2.05) is 36.5 Å². The number of para-hydroxylation sites is 2. The fourth-order valence-electron chi connectivity index (χ4n) is 5.53. The second-order valence-corrected chi connectivity index (χ2v) is 9.65. The largest absolute Gasteiger partial charge is 0.455 e. The highest BCUT2D eigenvalue weighted by molar-refractivity contribution is 6.23. The van der Waals surface area contributed by atoms with Crippen molar-refractivity contribution in [2.75, 3.05) is 0 Å². The Hall–Kier alpha value is -5.46. The summed E-state index contributed by atoms with van der Waals surface area (Å²) in [5.74, 6) is 6.56. The van der Waals surface area contributed by atoms with E-state index in [4.69, 9.17) is 9.40 Å². The molecule has 0 bridgehead atoms. The van der Waals surface area contributed by atoms with Gasteiger partial charge in [0.25, 0.3) is 0 Å². The predicted molar refractivity (Wildman–Crippen MR) is 160 cm³/mol. The van der Waals surface area contributed by atoms with Crippen molar-refractivity contribution in [2.45, 2.75) is 0 Å². The van der Waals surface area contributed by atoms with E-state index in [1.54, 1.807) is 0 Å². The molecule has 3 heterocycles. The van der Waals surface area contributed by atoms with Gasteiger partial charge >= 0.3 is 0 Å². The molecule has 0 unspecified atom stereocenters.